The number of hydrogen-bond acceptors (Lipinski definition) is 6. The smallest absolute Gasteiger partial charge is 0.300 e. The Morgan fingerprint density at radius 1 is 0.542 bits per heavy atom. The third-order valence-electron chi connectivity index (χ3n) is 2.84. The Hall–Kier alpha value is -4.10. The van der Waals surface area contributed by atoms with Gasteiger partial charge in [-0.3, -0.25) is 49.5 Å². The van der Waals surface area contributed by atoms with Gasteiger partial charge in [-0.2, -0.15) is 0 Å². The van der Waals surface area contributed by atoms with Gasteiger partial charge in [0.25, 0.3) is 11.1 Å². The number of imidazole rings is 2. The van der Waals surface area contributed by atoms with E-state index in [-0.39, 0.29) is 22.3 Å². The number of nitrogens with one attached hydrogen (secondary N) is 8. The molecule has 8 N–H and O–H groups in total. The van der Waals surface area contributed by atoms with Crippen LogP contribution >= 0.6 is 0 Å². The van der Waals surface area contributed by atoms with Gasteiger partial charge in [-0.15, -0.1) is 0 Å². The quantitative estimate of drug-likeness (QED) is 0.162. The lowest BCUT2D eigenvalue weighted by molar-refractivity contribution is 1.07. The van der Waals surface area contributed by atoms with Crippen molar-refractivity contribution in [3.05, 3.63) is 62.6 Å². The molecule has 0 aliphatic heterocycles. The third-order valence-corrected chi connectivity index (χ3v) is 2.84. The summed E-state index contributed by atoms with van der Waals surface area (Å²) in [5, 5.41) is 0. The summed E-state index contributed by atoms with van der Waals surface area (Å²) in [6.45, 7) is 0. The zero-order chi connectivity index (χ0) is 17.4. The van der Waals surface area contributed by atoms with Gasteiger partial charge in [-0.25, -0.2) is 19.2 Å². The zero-order valence-corrected chi connectivity index (χ0v) is 11.4. The fourth-order valence-corrected chi connectivity index (χ4v) is 1.92. The van der Waals surface area contributed by atoms with Crippen LogP contribution in [0.4, 0.5) is 0 Å². The van der Waals surface area contributed by atoms with Crippen LogP contribution in [-0.4, -0.2) is 39.9 Å². The topological polar surface area (TPSA) is 229 Å². The molecule has 14 nitrogen and oxygen atoms in total. The van der Waals surface area contributed by atoms with E-state index >= 15 is 0 Å². The van der Waals surface area contributed by atoms with Gasteiger partial charge >= 0.3 is 22.8 Å². The van der Waals surface area contributed by atoms with Gasteiger partial charge in [0, 0.05) is 0 Å². The molecule has 4 heterocycles. The number of aromatic nitrogens is 8. The molecule has 4 rings (SSSR count). The number of hydrogen-bond donors (Lipinski definition) is 8. The van der Waals surface area contributed by atoms with E-state index in [1.165, 1.54) is 0 Å². The Bertz CT molecular complexity index is 1270. The Kier molecular flexibility index (Phi) is 3.25. The van der Waals surface area contributed by atoms with Gasteiger partial charge in [0.05, 0.1) is 0 Å². The molecule has 0 fully saturated rings. The van der Waals surface area contributed by atoms with Gasteiger partial charge in [-0.05, 0) is 0 Å². The van der Waals surface area contributed by atoms with Crippen molar-refractivity contribution in [2.24, 2.45) is 0 Å². The van der Waals surface area contributed by atoms with Gasteiger partial charge in [0.2, 0.25) is 0 Å². The molecule has 0 aliphatic rings. The summed E-state index contributed by atoms with van der Waals surface area (Å²) in [5.74, 6) is 0. The molecule has 124 valence electrons. The Morgan fingerprint density at radius 3 is 1.67 bits per heavy atom. The number of H-pyrrole nitrogens is 8. The van der Waals surface area contributed by atoms with Crippen LogP contribution in [0.5, 0.6) is 0 Å². The minimum absolute atomic E-state index is 0.0413. The molecule has 4 aromatic rings. The second-order valence-corrected chi connectivity index (χ2v) is 4.47. The van der Waals surface area contributed by atoms with Crippen molar-refractivity contribution < 1.29 is 0 Å². The second kappa shape index (κ2) is 5.27. The molecule has 0 amide bonds. The first kappa shape index (κ1) is 14.8. The van der Waals surface area contributed by atoms with Crippen LogP contribution in [-0.2, 0) is 0 Å². The minimum Gasteiger partial charge on any atom is -0.300 e. The maximum Gasteiger partial charge on any atom is 0.327 e. The normalized spacial score (nSPS) is 10.7. The van der Waals surface area contributed by atoms with Crippen LogP contribution < -0.4 is 33.9 Å². The van der Waals surface area contributed by atoms with Crippen LogP contribution in [0.1, 0.15) is 0 Å². The van der Waals surface area contributed by atoms with Crippen LogP contribution in [0.15, 0.2) is 28.8 Å². The molecule has 24 heavy (non-hydrogen) atoms. The molecule has 0 aromatic carbocycles. The summed E-state index contributed by atoms with van der Waals surface area (Å²) >= 11 is 0. The monoisotopic (exact) mass is 338 g/mol. The van der Waals surface area contributed by atoms with Crippen molar-refractivity contribution in [1.82, 2.24) is 39.9 Å². The van der Waals surface area contributed by atoms with Crippen LogP contribution in [0.2, 0.25) is 0 Å². The van der Waals surface area contributed by atoms with Gasteiger partial charge < -0.3 is 0 Å². The van der Waals surface area contributed by atoms with Crippen molar-refractivity contribution in [3.8, 4) is 0 Å². The van der Waals surface area contributed by atoms with Crippen molar-refractivity contribution in [3.63, 3.8) is 0 Å². The Labute approximate surface area is 126 Å². The molecule has 0 unspecified atom stereocenters. The number of fused-ring (bicyclic) bond motifs is 2. The average molecular weight is 338 g/mol. The lowest BCUT2D eigenvalue weighted by atomic mass is 10.5. The molecule has 0 saturated heterocycles. The highest BCUT2D eigenvalue weighted by atomic mass is 16.3. The summed E-state index contributed by atoms with van der Waals surface area (Å²) in [6.07, 6.45) is 0. The first-order chi connectivity index (χ1) is 11.3. The third kappa shape index (κ3) is 2.65. The van der Waals surface area contributed by atoms with E-state index in [0.717, 1.165) is 0 Å². The molecule has 0 atom stereocenters. The Balaban J connectivity index is 0.000000141. The zero-order valence-electron chi connectivity index (χ0n) is 11.4. The molecule has 14 heteroatoms. The lowest BCUT2D eigenvalue weighted by Gasteiger charge is -1.83. The molecule has 0 spiro atoms. The first-order valence-corrected chi connectivity index (χ1v) is 6.22. The highest BCUT2D eigenvalue weighted by Gasteiger charge is 2.03. The van der Waals surface area contributed by atoms with E-state index in [0.29, 0.717) is 0 Å². The van der Waals surface area contributed by atoms with Crippen LogP contribution in [0.3, 0.4) is 0 Å². The largest absolute Gasteiger partial charge is 0.327 e. The van der Waals surface area contributed by atoms with Crippen LogP contribution in [0.25, 0.3) is 22.3 Å². The number of aromatic amines is 8. The molecule has 0 radical (unpaired) electrons. The minimum atomic E-state index is -0.650. The molecule has 4 aromatic heterocycles. The van der Waals surface area contributed by atoms with Crippen LogP contribution in [0, 0.1) is 0 Å². The SMILES string of the molecule is O=c1[nH]c(=O)c2[nH]c(=O)[nH]c2[nH]1.O=c1[nH]c2[nH][14c](=O)[nH]c(=O)c2[nH]1. The standard InChI is InChI=1S/2C5H4N4O3/c2*10-3-1-2(7-4(11)6-1)8-5(12)9-3/h2*(H4,6,7,8,9,10,11,12)/i5+2;. The maximum absolute atomic E-state index is 10.9. The summed E-state index contributed by atoms with van der Waals surface area (Å²) in [7, 11) is 0. The fourth-order valence-electron chi connectivity index (χ4n) is 1.92. The van der Waals surface area contributed by atoms with E-state index in [9.17, 15) is 28.8 Å². The second-order valence-electron chi connectivity index (χ2n) is 4.47. The summed E-state index contributed by atoms with van der Waals surface area (Å²) in [6, 6.07) is 0. The molecule has 0 bridgehead atoms. The van der Waals surface area contributed by atoms with E-state index in [4.69, 9.17) is 0 Å². The fraction of sp³-hybridized carbons (Fsp3) is 0. The highest BCUT2D eigenvalue weighted by molar-refractivity contribution is 5.67. The van der Waals surface area contributed by atoms with Crippen molar-refractivity contribution in [2.45, 2.75) is 0 Å². The number of rotatable bonds is 0. The predicted octanol–water partition coefficient (Wildman–Crippen LogP) is -3.53. The summed E-state index contributed by atoms with van der Waals surface area (Å²) < 4.78 is 0. The Morgan fingerprint density at radius 2 is 1.04 bits per heavy atom. The van der Waals surface area contributed by atoms with E-state index < -0.39 is 33.9 Å². The van der Waals surface area contributed by atoms with E-state index in [2.05, 4.69) is 29.9 Å². The first-order valence-electron chi connectivity index (χ1n) is 6.22. The van der Waals surface area contributed by atoms with E-state index in [1.54, 1.807) is 0 Å². The lowest BCUT2D eigenvalue weighted by Crippen LogP contribution is -2.21. The predicted molar refractivity (Wildman–Crippen MR) is 80.3 cm³/mol. The molecule has 0 saturated carbocycles. The average Bonchev–Trinajstić information content (AvgIpc) is 3.01. The van der Waals surface area contributed by atoms with Crippen molar-refractivity contribution in [2.75, 3.05) is 0 Å². The maximum atomic E-state index is 10.9. The molecule has 0 aliphatic carbocycles. The van der Waals surface area contributed by atoms with Gasteiger partial charge in [0.15, 0.2) is 0 Å². The summed E-state index contributed by atoms with van der Waals surface area (Å²) in [5.41, 5.74) is -3.30. The molecular formula is C10H8N8O6. The van der Waals surface area contributed by atoms with Crippen molar-refractivity contribution >= 4 is 22.3 Å². The summed E-state index contributed by atoms with van der Waals surface area (Å²) in [4.78, 5) is 82.0. The van der Waals surface area contributed by atoms with Gasteiger partial charge in [-0.1, -0.05) is 0 Å². The van der Waals surface area contributed by atoms with Crippen molar-refractivity contribution in [1.29, 1.82) is 0 Å². The highest BCUT2D eigenvalue weighted by Crippen LogP contribution is 1.89. The van der Waals surface area contributed by atoms with Gasteiger partial charge in [0.1, 0.15) is 22.3 Å². The molecular weight excluding hydrogens is 330 g/mol. The van der Waals surface area contributed by atoms with E-state index in [1.807, 2.05) is 9.97 Å².